The number of hydrogen-bond acceptors (Lipinski definition) is 3. The average Bonchev–Trinajstić information content (AvgIpc) is 3.29. The van der Waals surface area contributed by atoms with Crippen molar-refractivity contribution in [2.45, 2.75) is 11.5 Å². The van der Waals surface area contributed by atoms with Gasteiger partial charge in [-0.3, -0.25) is 9.59 Å². The van der Waals surface area contributed by atoms with E-state index in [0.717, 1.165) is 21.7 Å². The normalized spacial score (nSPS) is 26.5. The van der Waals surface area contributed by atoms with E-state index in [9.17, 15) is 9.59 Å². The second-order valence-electron chi connectivity index (χ2n) is 8.38. The zero-order valence-corrected chi connectivity index (χ0v) is 17.6. The first-order valence-electron chi connectivity index (χ1n) is 10.5. The highest BCUT2D eigenvalue weighted by molar-refractivity contribution is 6.11. The van der Waals surface area contributed by atoms with Crippen molar-refractivity contribution in [3.8, 4) is 5.75 Å². The summed E-state index contributed by atoms with van der Waals surface area (Å²) in [4.78, 5) is 28.7. The summed E-state index contributed by atoms with van der Waals surface area (Å²) in [5, 5.41) is 3.05. The molecular weight excluding hydrogens is 388 g/mol. The van der Waals surface area contributed by atoms with E-state index in [1.807, 2.05) is 73.8 Å². The molecule has 2 N–H and O–H groups in total. The van der Waals surface area contributed by atoms with Crippen molar-refractivity contribution in [2.75, 3.05) is 26.0 Å². The van der Waals surface area contributed by atoms with Crippen LogP contribution in [0.2, 0.25) is 0 Å². The number of nitrogens with one attached hydrogen (secondary N) is 2. The van der Waals surface area contributed by atoms with Crippen LogP contribution in [0.4, 0.5) is 5.69 Å². The van der Waals surface area contributed by atoms with Gasteiger partial charge in [-0.05, 0) is 23.8 Å². The molecule has 0 aliphatic carbocycles. The minimum Gasteiger partial charge on any atom is -0.497 e. The Morgan fingerprint density at radius 1 is 1.03 bits per heavy atom. The second kappa shape index (κ2) is 7.36. The fraction of sp³-hybridized carbons (Fsp3) is 0.231. The summed E-state index contributed by atoms with van der Waals surface area (Å²) in [7, 11) is 3.63. The SMILES string of the molecule is COc1ccc2c(c1)[C@]1(C(=O)N2)[C@@H](C(=O)c2ccccc2)[C@@H](c2ccccc2)C[NH+]1C. The van der Waals surface area contributed by atoms with E-state index in [2.05, 4.69) is 17.4 Å². The number of quaternary nitrogens is 1. The highest BCUT2D eigenvalue weighted by atomic mass is 16.5. The topological polar surface area (TPSA) is 59.8 Å². The number of rotatable bonds is 4. The van der Waals surface area contributed by atoms with Crippen molar-refractivity contribution in [3.63, 3.8) is 0 Å². The maximum atomic E-state index is 14.0. The van der Waals surface area contributed by atoms with Gasteiger partial charge in [-0.25, -0.2) is 0 Å². The monoisotopic (exact) mass is 413 g/mol. The lowest BCUT2D eigenvalue weighted by molar-refractivity contribution is -0.918. The van der Waals surface area contributed by atoms with Crippen LogP contribution in [0.25, 0.3) is 0 Å². The molecule has 5 nitrogen and oxygen atoms in total. The zero-order chi connectivity index (χ0) is 21.6. The molecule has 31 heavy (non-hydrogen) atoms. The van der Waals surface area contributed by atoms with Crippen LogP contribution in [0.15, 0.2) is 78.9 Å². The molecule has 2 heterocycles. The van der Waals surface area contributed by atoms with E-state index in [1.54, 1.807) is 7.11 Å². The Hall–Kier alpha value is -3.44. The fourth-order valence-electron chi connectivity index (χ4n) is 5.51. The predicted octanol–water partition coefficient (Wildman–Crippen LogP) is 2.65. The van der Waals surface area contributed by atoms with E-state index in [4.69, 9.17) is 4.74 Å². The van der Waals surface area contributed by atoms with Crippen LogP contribution in [-0.4, -0.2) is 32.4 Å². The van der Waals surface area contributed by atoms with E-state index in [1.165, 1.54) is 0 Å². The van der Waals surface area contributed by atoms with Crippen molar-refractivity contribution in [3.05, 3.63) is 95.6 Å². The molecule has 3 aromatic carbocycles. The maximum absolute atomic E-state index is 14.0. The lowest BCUT2D eigenvalue weighted by Crippen LogP contribution is -3.15. The van der Waals surface area contributed by atoms with E-state index in [-0.39, 0.29) is 17.6 Å². The van der Waals surface area contributed by atoms with Gasteiger partial charge in [0.15, 0.2) is 5.78 Å². The molecule has 1 fully saturated rings. The number of likely N-dealkylation sites (N-methyl/N-ethyl adjacent to an activating group) is 1. The molecule has 0 aromatic heterocycles. The third-order valence-electron chi connectivity index (χ3n) is 6.89. The van der Waals surface area contributed by atoms with Gasteiger partial charge in [0.05, 0.1) is 37.9 Å². The Kier molecular flexibility index (Phi) is 4.63. The van der Waals surface area contributed by atoms with Gasteiger partial charge in [0.25, 0.3) is 5.91 Å². The van der Waals surface area contributed by atoms with Gasteiger partial charge in [0.2, 0.25) is 5.54 Å². The number of carbonyl (C=O) groups is 2. The summed E-state index contributed by atoms with van der Waals surface area (Å²) in [6.45, 7) is 0.678. The third kappa shape index (κ3) is 2.81. The third-order valence-corrected chi connectivity index (χ3v) is 6.89. The van der Waals surface area contributed by atoms with Crippen molar-refractivity contribution in [1.29, 1.82) is 0 Å². The van der Waals surface area contributed by atoms with Crippen LogP contribution < -0.4 is 15.0 Å². The Balaban J connectivity index is 1.74. The Labute approximate surface area is 181 Å². The number of likely N-dealkylation sites (tertiary alicyclic amines) is 1. The number of benzene rings is 3. The molecule has 1 spiro atoms. The Bertz CT molecular complexity index is 1150. The van der Waals surface area contributed by atoms with Crippen molar-refractivity contribution < 1.29 is 19.2 Å². The number of ketones is 1. The molecule has 2 aliphatic rings. The summed E-state index contributed by atoms with van der Waals surface area (Å²) < 4.78 is 5.47. The van der Waals surface area contributed by atoms with Gasteiger partial charge in [-0.15, -0.1) is 0 Å². The molecule has 1 saturated heterocycles. The lowest BCUT2D eigenvalue weighted by atomic mass is 9.70. The molecule has 2 aliphatic heterocycles. The molecule has 1 unspecified atom stereocenters. The van der Waals surface area contributed by atoms with E-state index >= 15 is 0 Å². The van der Waals surface area contributed by atoms with Crippen LogP contribution in [-0.2, 0) is 10.3 Å². The zero-order valence-electron chi connectivity index (χ0n) is 17.6. The van der Waals surface area contributed by atoms with E-state index in [0.29, 0.717) is 17.9 Å². The van der Waals surface area contributed by atoms with Crippen LogP contribution in [0.1, 0.15) is 27.4 Å². The van der Waals surface area contributed by atoms with Gasteiger partial charge < -0.3 is 15.0 Å². The first kappa shape index (κ1) is 19.5. The molecule has 1 amide bonds. The number of anilines is 1. The van der Waals surface area contributed by atoms with Gasteiger partial charge in [0, 0.05) is 5.56 Å². The number of amides is 1. The predicted molar refractivity (Wildman–Crippen MR) is 119 cm³/mol. The second-order valence-corrected chi connectivity index (χ2v) is 8.38. The van der Waals surface area contributed by atoms with Gasteiger partial charge in [-0.2, -0.15) is 0 Å². The minimum atomic E-state index is -1.02. The smallest absolute Gasteiger partial charge is 0.291 e. The fourth-order valence-corrected chi connectivity index (χ4v) is 5.51. The summed E-state index contributed by atoms with van der Waals surface area (Å²) in [6, 6.07) is 25.0. The van der Waals surface area contributed by atoms with Gasteiger partial charge >= 0.3 is 0 Å². The number of fused-ring (bicyclic) bond motifs is 2. The van der Waals surface area contributed by atoms with Crippen molar-refractivity contribution >= 4 is 17.4 Å². The van der Waals surface area contributed by atoms with Crippen molar-refractivity contribution in [2.24, 2.45) is 5.92 Å². The molecule has 0 saturated carbocycles. The lowest BCUT2D eigenvalue weighted by Gasteiger charge is -2.32. The molecular formula is C26H25N2O3+. The first-order valence-corrected chi connectivity index (χ1v) is 10.5. The number of carbonyl (C=O) groups excluding carboxylic acids is 2. The summed E-state index contributed by atoms with van der Waals surface area (Å²) in [5.41, 5.74) is 2.28. The molecule has 3 aromatic rings. The van der Waals surface area contributed by atoms with E-state index < -0.39 is 11.5 Å². The molecule has 5 heteroatoms. The molecule has 4 atom stereocenters. The number of hydrogen-bond donors (Lipinski definition) is 2. The minimum absolute atomic E-state index is 0.00266. The van der Waals surface area contributed by atoms with Crippen LogP contribution >= 0.6 is 0 Å². The molecule has 0 bridgehead atoms. The first-order chi connectivity index (χ1) is 15.1. The highest BCUT2D eigenvalue weighted by Gasteiger charge is 2.68. The van der Waals surface area contributed by atoms with Crippen LogP contribution in [0.3, 0.4) is 0 Å². The highest BCUT2D eigenvalue weighted by Crippen LogP contribution is 2.49. The number of Topliss-reactive ketones (excluding diaryl/α,β-unsaturated/α-hetero) is 1. The Morgan fingerprint density at radius 3 is 2.39 bits per heavy atom. The number of methoxy groups -OCH3 is 1. The largest absolute Gasteiger partial charge is 0.497 e. The summed E-state index contributed by atoms with van der Waals surface area (Å²) in [6.07, 6.45) is 0. The summed E-state index contributed by atoms with van der Waals surface area (Å²) >= 11 is 0. The van der Waals surface area contributed by atoms with Crippen molar-refractivity contribution in [1.82, 2.24) is 0 Å². The standard InChI is InChI=1S/C26H24N2O3/c1-28-16-20(17-9-5-3-6-10-17)23(24(29)18-11-7-4-8-12-18)26(28)21-15-19(31-2)13-14-22(21)27-25(26)30/h3-15,20,23H,16H2,1-2H3,(H,27,30)/p+1/t20-,23-,26-/m1/s1. The van der Waals surface area contributed by atoms with Gasteiger partial charge in [0.1, 0.15) is 11.7 Å². The molecule has 0 radical (unpaired) electrons. The quantitative estimate of drug-likeness (QED) is 0.647. The number of ether oxygens (including phenoxy) is 1. The van der Waals surface area contributed by atoms with Gasteiger partial charge in [-0.1, -0.05) is 60.7 Å². The maximum Gasteiger partial charge on any atom is 0.291 e. The molecule has 5 rings (SSSR count). The summed E-state index contributed by atoms with van der Waals surface area (Å²) in [5.74, 6) is -0.0722. The molecule has 156 valence electrons. The average molecular weight is 413 g/mol. The van der Waals surface area contributed by atoms with Crippen LogP contribution in [0.5, 0.6) is 5.75 Å². The Morgan fingerprint density at radius 2 is 1.71 bits per heavy atom. The van der Waals surface area contributed by atoms with Crippen LogP contribution in [0, 0.1) is 5.92 Å².